The summed E-state index contributed by atoms with van der Waals surface area (Å²) in [4.78, 5) is 19.8. The lowest BCUT2D eigenvalue weighted by molar-refractivity contribution is -0.140. The zero-order valence-corrected chi connectivity index (χ0v) is 19.9. The van der Waals surface area contributed by atoms with E-state index in [9.17, 15) is 35.5 Å². The normalized spacial score (nSPS) is 13.3. The first-order valence-corrected chi connectivity index (χ1v) is 10.9. The molecule has 1 amide bonds. The fourth-order valence-corrected chi connectivity index (χ4v) is 3.93. The van der Waals surface area contributed by atoms with Crippen LogP contribution in [0.1, 0.15) is 33.0 Å². The Labute approximate surface area is 212 Å². The van der Waals surface area contributed by atoms with E-state index in [2.05, 4.69) is 31.3 Å². The Balaban J connectivity index is 1.97. The van der Waals surface area contributed by atoms with Gasteiger partial charge in [0.1, 0.15) is 11.7 Å². The Kier molecular flexibility index (Phi) is 8.24. The highest BCUT2D eigenvalue weighted by molar-refractivity contribution is 9.10. The Morgan fingerprint density at radius 1 is 1.03 bits per heavy atom. The molecular weight excluding hydrogens is 585 g/mol. The van der Waals surface area contributed by atoms with Crippen LogP contribution in [0.5, 0.6) is 0 Å². The minimum Gasteiger partial charge on any atom is -0.267 e. The molecule has 0 spiro atoms. The van der Waals surface area contributed by atoms with Gasteiger partial charge in [0.25, 0.3) is 5.91 Å². The maximum Gasteiger partial charge on any atom is 0.417 e. The van der Waals surface area contributed by atoms with Crippen LogP contribution in [0, 0.1) is 0 Å². The second kappa shape index (κ2) is 10.8. The molecule has 0 radical (unpaired) electrons. The van der Waals surface area contributed by atoms with Gasteiger partial charge in [-0.2, -0.15) is 26.3 Å². The SMILES string of the molecule is O=C(NNc1ncccn1)c1ccc(C(F)=CC(c2cc(Cl)cc(Br)c2)C(F)(F)F)cc1C(F)(F)F. The third-order valence-electron chi connectivity index (χ3n) is 4.61. The van der Waals surface area contributed by atoms with Gasteiger partial charge in [0.15, 0.2) is 0 Å². The van der Waals surface area contributed by atoms with Crippen LogP contribution in [0.25, 0.3) is 5.83 Å². The lowest BCUT2D eigenvalue weighted by atomic mass is 9.95. The highest BCUT2D eigenvalue weighted by Gasteiger charge is 2.40. The number of aromatic nitrogens is 2. The Morgan fingerprint density at radius 3 is 2.28 bits per heavy atom. The summed E-state index contributed by atoms with van der Waals surface area (Å²) in [6.07, 6.45) is -7.36. The van der Waals surface area contributed by atoms with Crippen molar-refractivity contribution >= 4 is 45.2 Å². The molecule has 0 bridgehead atoms. The van der Waals surface area contributed by atoms with Gasteiger partial charge in [-0.1, -0.05) is 33.6 Å². The van der Waals surface area contributed by atoms with Crippen LogP contribution < -0.4 is 10.9 Å². The number of amides is 1. The number of hydrogen-bond donors (Lipinski definition) is 2. The lowest BCUT2D eigenvalue weighted by Crippen LogP contribution is -2.32. The first-order valence-electron chi connectivity index (χ1n) is 9.70. The number of rotatable bonds is 6. The number of benzene rings is 2. The highest BCUT2D eigenvalue weighted by Crippen LogP contribution is 2.41. The van der Waals surface area contributed by atoms with Crippen LogP contribution in [-0.4, -0.2) is 22.1 Å². The number of nitrogens with zero attached hydrogens (tertiary/aromatic N) is 2. The van der Waals surface area contributed by atoms with Gasteiger partial charge in [0.2, 0.25) is 5.95 Å². The van der Waals surface area contributed by atoms with E-state index in [4.69, 9.17) is 11.6 Å². The van der Waals surface area contributed by atoms with E-state index in [0.717, 1.165) is 18.2 Å². The maximum absolute atomic E-state index is 14.9. The molecule has 1 heterocycles. The standard InChI is InChI=1S/C22H13BrClF7N4O/c23-13-6-12(7-14(24)9-13)16(21(26,27)28)10-18(25)11-2-3-15(17(8-11)22(29,30)31)19(36)34-35-20-32-4-1-5-33-20/h1-10,16H,(H,34,36)(H,32,33,35). The molecule has 0 saturated carbocycles. The topological polar surface area (TPSA) is 66.9 Å². The van der Waals surface area contributed by atoms with Crippen molar-refractivity contribution < 1.29 is 35.5 Å². The number of halogens is 9. The van der Waals surface area contributed by atoms with Crippen molar-refractivity contribution in [2.24, 2.45) is 0 Å². The number of hydrazine groups is 1. The van der Waals surface area contributed by atoms with Crippen LogP contribution in [0.15, 0.2) is 65.4 Å². The molecule has 0 fully saturated rings. The Morgan fingerprint density at radius 2 is 1.69 bits per heavy atom. The second-order valence-electron chi connectivity index (χ2n) is 7.15. The van der Waals surface area contributed by atoms with Crippen molar-refractivity contribution in [3.8, 4) is 0 Å². The third-order valence-corrected chi connectivity index (χ3v) is 5.28. The fraction of sp³-hybridized carbons (Fsp3) is 0.136. The fourth-order valence-electron chi connectivity index (χ4n) is 3.05. The van der Waals surface area contributed by atoms with Gasteiger partial charge in [-0.3, -0.25) is 15.6 Å². The van der Waals surface area contributed by atoms with Crippen LogP contribution in [0.3, 0.4) is 0 Å². The molecule has 0 aliphatic carbocycles. The molecule has 190 valence electrons. The molecule has 0 aliphatic heterocycles. The number of carbonyl (C=O) groups is 1. The molecule has 36 heavy (non-hydrogen) atoms. The predicted molar refractivity (Wildman–Crippen MR) is 122 cm³/mol. The second-order valence-corrected chi connectivity index (χ2v) is 8.50. The van der Waals surface area contributed by atoms with E-state index in [1.807, 2.05) is 5.43 Å². The van der Waals surface area contributed by atoms with Gasteiger partial charge in [0, 0.05) is 27.5 Å². The molecule has 1 unspecified atom stereocenters. The van der Waals surface area contributed by atoms with E-state index >= 15 is 0 Å². The van der Waals surface area contributed by atoms with E-state index in [-0.39, 0.29) is 27.6 Å². The first kappa shape index (κ1) is 27.4. The average molecular weight is 598 g/mol. The van der Waals surface area contributed by atoms with E-state index in [1.165, 1.54) is 24.5 Å². The number of hydrogen-bond acceptors (Lipinski definition) is 4. The molecule has 2 aromatic carbocycles. The van der Waals surface area contributed by atoms with E-state index in [1.54, 1.807) is 0 Å². The lowest BCUT2D eigenvalue weighted by Gasteiger charge is -2.19. The Hall–Kier alpha value is -3.19. The summed E-state index contributed by atoms with van der Waals surface area (Å²) < 4.78 is 97.1. The maximum atomic E-state index is 14.9. The van der Waals surface area contributed by atoms with Crippen molar-refractivity contribution in [2.75, 3.05) is 5.43 Å². The van der Waals surface area contributed by atoms with Crippen molar-refractivity contribution in [3.63, 3.8) is 0 Å². The summed E-state index contributed by atoms with van der Waals surface area (Å²) in [5.41, 5.74) is 0.471. The van der Waals surface area contributed by atoms with Gasteiger partial charge in [-0.15, -0.1) is 0 Å². The minimum atomic E-state index is -5.13. The van der Waals surface area contributed by atoms with E-state index < -0.39 is 52.3 Å². The summed E-state index contributed by atoms with van der Waals surface area (Å²) >= 11 is 8.79. The molecule has 0 aliphatic rings. The molecule has 1 atom stereocenters. The highest BCUT2D eigenvalue weighted by atomic mass is 79.9. The monoisotopic (exact) mass is 596 g/mol. The smallest absolute Gasteiger partial charge is 0.267 e. The zero-order chi connectivity index (χ0) is 26.7. The molecule has 0 saturated heterocycles. The summed E-state index contributed by atoms with van der Waals surface area (Å²) in [6.45, 7) is 0. The molecule has 3 rings (SSSR count). The van der Waals surface area contributed by atoms with Crippen LogP contribution in [0.2, 0.25) is 5.02 Å². The summed E-state index contributed by atoms with van der Waals surface area (Å²) in [6, 6.07) is 6.46. The van der Waals surface area contributed by atoms with Gasteiger partial charge >= 0.3 is 12.4 Å². The van der Waals surface area contributed by atoms with E-state index in [0.29, 0.717) is 6.07 Å². The molecule has 3 aromatic rings. The van der Waals surface area contributed by atoms with Gasteiger partial charge < -0.3 is 0 Å². The molecule has 1 aromatic heterocycles. The first-order chi connectivity index (χ1) is 16.8. The summed E-state index contributed by atoms with van der Waals surface area (Å²) in [7, 11) is 0. The van der Waals surface area contributed by atoms with Crippen molar-refractivity contribution in [2.45, 2.75) is 18.3 Å². The quantitative estimate of drug-likeness (QED) is 0.231. The molecule has 14 heteroatoms. The largest absolute Gasteiger partial charge is 0.417 e. The third kappa shape index (κ3) is 6.94. The van der Waals surface area contributed by atoms with Gasteiger partial charge in [-0.05, 0) is 48.0 Å². The number of alkyl halides is 6. The molecular formula is C22H13BrClF7N4O. The zero-order valence-electron chi connectivity index (χ0n) is 17.6. The Bertz CT molecular complexity index is 1260. The predicted octanol–water partition coefficient (Wildman–Crippen LogP) is 7.32. The number of allylic oxidation sites excluding steroid dienone is 1. The molecule has 2 N–H and O–H groups in total. The summed E-state index contributed by atoms with van der Waals surface area (Å²) in [5.74, 6) is -5.47. The van der Waals surface area contributed by atoms with Crippen molar-refractivity contribution in [3.05, 3.63) is 92.7 Å². The number of carbonyl (C=O) groups excluding carboxylic acids is 1. The average Bonchev–Trinajstić information content (AvgIpc) is 2.79. The van der Waals surface area contributed by atoms with Crippen LogP contribution >= 0.6 is 27.5 Å². The molecule has 5 nitrogen and oxygen atoms in total. The van der Waals surface area contributed by atoms with Crippen LogP contribution in [-0.2, 0) is 6.18 Å². The van der Waals surface area contributed by atoms with Crippen LogP contribution in [0.4, 0.5) is 36.7 Å². The number of nitrogens with one attached hydrogen (secondary N) is 2. The summed E-state index contributed by atoms with van der Waals surface area (Å²) in [5, 5.41) is -0.0633. The minimum absolute atomic E-state index is 0.0633. The number of anilines is 1. The van der Waals surface area contributed by atoms with Gasteiger partial charge in [0.05, 0.1) is 11.1 Å². The van der Waals surface area contributed by atoms with Crippen molar-refractivity contribution in [1.82, 2.24) is 15.4 Å². The van der Waals surface area contributed by atoms with Gasteiger partial charge in [-0.25, -0.2) is 14.4 Å². The van der Waals surface area contributed by atoms with Crippen molar-refractivity contribution in [1.29, 1.82) is 0 Å².